The molecule has 0 spiro atoms. The molecule has 1 aromatic carbocycles. The number of aryl methyl sites for hydroxylation is 2. The number of anilines is 1. The van der Waals surface area contributed by atoms with Crippen LogP contribution >= 0.6 is 0 Å². The number of rotatable bonds is 5. The molecule has 1 aliphatic rings. The normalized spacial score (nSPS) is 13.7. The van der Waals surface area contributed by atoms with Gasteiger partial charge in [0.2, 0.25) is 5.91 Å². The van der Waals surface area contributed by atoms with Gasteiger partial charge in [-0.1, -0.05) is 0 Å². The Balaban J connectivity index is 1.52. The van der Waals surface area contributed by atoms with Crippen LogP contribution < -0.4 is 10.1 Å². The maximum atomic E-state index is 11.3. The molecule has 3 rings (SSSR count). The molecular weight excluding hydrogens is 256 g/mol. The van der Waals surface area contributed by atoms with Crippen molar-refractivity contribution < 1.29 is 9.53 Å². The molecule has 1 aliphatic heterocycles. The van der Waals surface area contributed by atoms with Crippen LogP contribution in [0.2, 0.25) is 0 Å². The monoisotopic (exact) mass is 272 g/mol. The summed E-state index contributed by atoms with van der Waals surface area (Å²) in [6.45, 7) is 0.625. The highest BCUT2D eigenvalue weighted by Crippen LogP contribution is 2.26. The number of carbonyl (C=O) groups excluding carboxylic acids is 1. The second-order valence-corrected chi connectivity index (χ2v) is 4.73. The molecule has 0 fully saturated rings. The molecule has 20 heavy (non-hydrogen) atoms. The van der Waals surface area contributed by atoms with Crippen molar-refractivity contribution in [1.82, 2.24) is 15.2 Å². The van der Waals surface area contributed by atoms with Gasteiger partial charge in [-0.05, 0) is 36.6 Å². The van der Waals surface area contributed by atoms with E-state index in [2.05, 4.69) is 20.5 Å². The van der Waals surface area contributed by atoms with Gasteiger partial charge in [0.1, 0.15) is 17.9 Å². The smallest absolute Gasteiger partial charge is 0.224 e. The van der Waals surface area contributed by atoms with Crippen LogP contribution in [0.1, 0.15) is 24.2 Å². The molecule has 2 heterocycles. The summed E-state index contributed by atoms with van der Waals surface area (Å²) >= 11 is 0. The number of amides is 1. The number of benzene rings is 1. The number of fused-ring (bicyclic) bond motifs is 1. The van der Waals surface area contributed by atoms with Gasteiger partial charge in [-0.3, -0.25) is 9.89 Å². The summed E-state index contributed by atoms with van der Waals surface area (Å²) < 4.78 is 5.72. The Morgan fingerprint density at radius 2 is 2.25 bits per heavy atom. The predicted molar refractivity (Wildman–Crippen MR) is 73.6 cm³/mol. The van der Waals surface area contributed by atoms with Crippen LogP contribution in [0.15, 0.2) is 24.5 Å². The Morgan fingerprint density at radius 1 is 1.30 bits per heavy atom. The molecule has 0 saturated carbocycles. The van der Waals surface area contributed by atoms with E-state index in [9.17, 15) is 4.79 Å². The largest absolute Gasteiger partial charge is 0.494 e. The lowest BCUT2D eigenvalue weighted by atomic mass is 10.0. The summed E-state index contributed by atoms with van der Waals surface area (Å²) in [7, 11) is 0. The third-order valence-electron chi connectivity index (χ3n) is 3.25. The average Bonchev–Trinajstić information content (AvgIpc) is 2.97. The third-order valence-corrected chi connectivity index (χ3v) is 3.25. The predicted octanol–water partition coefficient (Wildman–Crippen LogP) is 1.70. The maximum absolute atomic E-state index is 11.3. The first kappa shape index (κ1) is 12.7. The van der Waals surface area contributed by atoms with Gasteiger partial charge < -0.3 is 10.1 Å². The van der Waals surface area contributed by atoms with Crippen molar-refractivity contribution >= 4 is 11.6 Å². The molecule has 0 atom stereocenters. The van der Waals surface area contributed by atoms with Crippen LogP contribution in [0.3, 0.4) is 0 Å². The van der Waals surface area contributed by atoms with Crippen molar-refractivity contribution in [2.45, 2.75) is 25.7 Å². The fraction of sp³-hybridized carbons (Fsp3) is 0.357. The van der Waals surface area contributed by atoms with Crippen LogP contribution in [-0.2, 0) is 17.6 Å². The Morgan fingerprint density at radius 3 is 3.10 bits per heavy atom. The second-order valence-electron chi connectivity index (χ2n) is 4.73. The first-order valence-corrected chi connectivity index (χ1v) is 6.71. The Kier molecular flexibility index (Phi) is 3.62. The zero-order valence-electron chi connectivity index (χ0n) is 11.1. The van der Waals surface area contributed by atoms with Crippen molar-refractivity contribution in [3.05, 3.63) is 35.9 Å². The van der Waals surface area contributed by atoms with E-state index in [0.717, 1.165) is 42.1 Å². The molecular formula is C14H16N4O2. The summed E-state index contributed by atoms with van der Waals surface area (Å²) in [5.74, 6) is 1.73. The summed E-state index contributed by atoms with van der Waals surface area (Å²) in [6, 6.07) is 5.79. The van der Waals surface area contributed by atoms with Crippen molar-refractivity contribution in [3.8, 4) is 5.75 Å². The van der Waals surface area contributed by atoms with Crippen LogP contribution in [0.4, 0.5) is 5.69 Å². The fourth-order valence-corrected chi connectivity index (χ4v) is 2.23. The van der Waals surface area contributed by atoms with E-state index in [1.54, 1.807) is 6.33 Å². The standard InChI is InChI=1S/C14H16N4O2/c19-14-6-3-10-8-11(4-5-12(10)17-14)20-7-1-2-13-15-9-16-18-13/h4-5,8-9H,1-3,6-7H2,(H,17,19)(H,15,16,18). The van der Waals surface area contributed by atoms with E-state index in [-0.39, 0.29) is 5.91 Å². The second kappa shape index (κ2) is 5.73. The Labute approximate surface area is 116 Å². The van der Waals surface area contributed by atoms with Crippen molar-refractivity contribution in [3.63, 3.8) is 0 Å². The van der Waals surface area contributed by atoms with Gasteiger partial charge in [-0.2, -0.15) is 5.10 Å². The number of hydrogen-bond donors (Lipinski definition) is 2. The molecule has 1 aromatic heterocycles. The minimum absolute atomic E-state index is 0.0812. The molecule has 2 aromatic rings. The zero-order chi connectivity index (χ0) is 13.8. The van der Waals surface area contributed by atoms with Gasteiger partial charge in [-0.25, -0.2) is 4.98 Å². The first-order valence-electron chi connectivity index (χ1n) is 6.71. The summed E-state index contributed by atoms with van der Waals surface area (Å²) in [5.41, 5.74) is 2.03. The van der Waals surface area contributed by atoms with Gasteiger partial charge >= 0.3 is 0 Å². The molecule has 2 N–H and O–H groups in total. The summed E-state index contributed by atoms with van der Waals surface area (Å²) in [4.78, 5) is 15.3. The van der Waals surface area contributed by atoms with Gasteiger partial charge in [0.25, 0.3) is 0 Å². The number of carbonyl (C=O) groups is 1. The van der Waals surface area contributed by atoms with Crippen molar-refractivity contribution in [2.75, 3.05) is 11.9 Å². The van der Waals surface area contributed by atoms with E-state index in [1.807, 2.05) is 18.2 Å². The third kappa shape index (κ3) is 2.96. The first-order chi connectivity index (χ1) is 9.81. The van der Waals surface area contributed by atoms with Crippen LogP contribution in [-0.4, -0.2) is 27.7 Å². The lowest BCUT2D eigenvalue weighted by molar-refractivity contribution is -0.116. The maximum Gasteiger partial charge on any atom is 0.224 e. The van der Waals surface area contributed by atoms with Crippen molar-refractivity contribution in [2.24, 2.45) is 0 Å². The number of nitrogens with zero attached hydrogens (tertiary/aromatic N) is 2. The molecule has 1 amide bonds. The molecule has 104 valence electrons. The van der Waals surface area contributed by atoms with E-state index < -0.39 is 0 Å². The lowest BCUT2D eigenvalue weighted by Crippen LogP contribution is -2.18. The molecule has 6 heteroatoms. The molecule has 0 saturated heterocycles. The van der Waals surface area contributed by atoms with Gasteiger partial charge in [0.05, 0.1) is 6.61 Å². The van der Waals surface area contributed by atoms with Crippen LogP contribution in [0, 0.1) is 0 Å². The molecule has 0 bridgehead atoms. The summed E-state index contributed by atoms with van der Waals surface area (Å²) in [5, 5.41) is 9.54. The number of nitrogens with one attached hydrogen (secondary N) is 2. The van der Waals surface area contributed by atoms with Crippen LogP contribution in [0.5, 0.6) is 5.75 Å². The highest BCUT2D eigenvalue weighted by Gasteiger charge is 2.14. The Hall–Kier alpha value is -2.37. The van der Waals surface area contributed by atoms with Gasteiger partial charge in [-0.15, -0.1) is 0 Å². The number of aromatic nitrogens is 3. The highest BCUT2D eigenvalue weighted by molar-refractivity contribution is 5.93. The number of hydrogen-bond acceptors (Lipinski definition) is 4. The van der Waals surface area contributed by atoms with Crippen molar-refractivity contribution in [1.29, 1.82) is 0 Å². The highest BCUT2D eigenvalue weighted by atomic mass is 16.5. The number of H-pyrrole nitrogens is 1. The molecule has 0 aliphatic carbocycles. The van der Waals surface area contributed by atoms with Crippen LogP contribution in [0.25, 0.3) is 0 Å². The topological polar surface area (TPSA) is 79.9 Å². The van der Waals surface area contributed by atoms with Gasteiger partial charge in [0.15, 0.2) is 0 Å². The minimum Gasteiger partial charge on any atom is -0.494 e. The van der Waals surface area contributed by atoms with E-state index in [0.29, 0.717) is 13.0 Å². The SMILES string of the molecule is O=C1CCc2cc(OCCCc3nc[nH]n3)ccc2N1. The molecule has 6 nitrogen and oxygen atoms in total. The molecule has 0 unspecified atom stereocenters. The van der Waals surface area contributed by atoms with E-state index in [1.165, 1.54) is 0 Å². The summed E-state index contributed by atoms with van der Waals surface area (Å²) in [6.07, 6.45) is 4.56. The quantitative estimate of drug-likeness (QED) is 0.812. The number of ether oxygens (including phenoxy) is 1. The zero-order valence-corrected chi connectivity index (χ0v) is 11.1. The van der Waals surface area contributed by atoms with Gasteiger partial charge in [0, 0.05) is 18.5 Å². The fourth-order valence-electron chi connectivity index (χ4n) is 2.23. The molecule has 0 radical (unpaired) electrons. The van der Waals surface area contributed by atoms with E-state index in [4.69, 9.17) is 4.74 Å². The minimum atomic E-state index is 0.0812. The van der Waals surface area contributed by atoms with E-state index >= 15 is 0 Å². The lowest BCUT2D eigenvalue weighted by Gasteiger charge is -2.17. The number of aromatic amines is 1. The average molecular weight is 272 g/mol. The Bertz CT molecular complexity index is 595.